The van der Waals surface area contributed by atoms with Crippen molar-refractivity contribution in [3.05, 3.63) is 59.8 Å². The van der Waals surface area contributed by atoms with Gasteiger partial charge in [-0.3, -0.25) is 0 Å². The van der Waals surface area contributed by atoms with E-state index in [1.807, 2.05) is 24.3 Å². The number of allylic oxidation sites excluding steroid dienone is 3. The second-order valence-electron chi connectivity index (χ2n) is 4.46. The Kier molecular flexibility index (Phi) is 7.61. The van der Waals surface area contributed by atoms with Crippen molar-refractivity contribution < 1.29 is 42.2 Å². The number of hydrogen-bond acceptors (Lipinski definition) is 3. The van der Waals surface area contributed by atoms with E-state index in [0.717, 1.165) is 34.8 Å². The van der Waals surface area contributed by atoms with Gasteiger partial charge in [0.15, 0.2) is 6.79 Å². The Bertz CT molecular complexity index is 623. The van der Waals surface area contributed by atoms with E-state index in [4.69, 9.17) is 15.9 Å². The van der Waals surface area contributed by atoms with Gasteiger partial charge >= 0.3 is 0 Å². The zero-order chi connectivity index (χ0) is 15.2. The Morgan fingerprint density at radius 2 is 2.00 bits per heavy atom. The summed E-state index contributed by atoms with van der Waals surface area (Å²) in [6.07, 6.45) is 10.5. The van der Waals surface area contributed by atoms with Gasteiger partial charge in [-0.05, 0) is 24.8 Å². The summed E-state index contributed by atoms with van der Waals surface area (Å²) >= 11 is 0. The standard InChI is InChI=1S/C18H18NO2.Y/c1-5-15-9-12-18(19(6-2)14(15)3)16-7-10-17(11-8-16)21-13-20-4;/h1,7-11H,3,6,13H2,2,4H3;/q-1;. The van der Waals surface area contributed by atoms with Crippen LogP contribution in [0.4, 0.5) is 0 Å². The van der Waals surface area contributed by atoms with Crippen molar-refractivity contribution in [3.8, 4) is 18.1 Å². The van der Waals surface area contributed by atoms with Crippen molar-refractivity contribution in [1.82, 2.24) is 4.90 Å². The zero-order valence-electron chi connectivity index (χ0n) is 12.9. The van der Waals surface area contributed by atoms with Gasteiger partial charge in [0.2, 0.25) is 0 Å². The van der Waals surface area contributed by atoms with E-state index >= 15 is 0 Å². The minimum absolute atomic E-state index is 0. The number of benzene rings is 1. The third kappa shape index (κ3) is 4.11. The van der Waals surface area contributed by atoms with Crippen molar-refractivity contribution in [2.24, 2.45) is 0 Å². The molecule has 1 heterocycles. The summed E-state index contributed by atoms with van der Waals surface area (Å²) in [6, 6.07) is 7.77. The molecule has 1 aliphatic heterocycles. The first-order chi connectivity index (χ1) is 10.2. The number of hydrogen-bond donors (Lipinski definition) is 0. The Labute approximate surface area is 157 Å². The summed E-state index contributed by atoms with van der Waals surface area (Å²) in [6.45, 7) is 7.14. The maximum atomic E-state index is 5.48. The fourth-order valence-electron chi connectivity index (χ4n) is 2.13. The molecule has 0 amide bonds. The van der Waals surface area contributed by atoms with E-state index in [1.54, 1.807) is 13.2 Å². The summed E-state index contributed by atoms with van der Waals surface area (Å²) in [5, 5.41) is 0. The number of terminal acetylenes is 1. The maximum Gasteiger partial charge on any atom is 0.188 e. The van der Waals surface area contributed by atoms with E-state index in [-0.39, 0.29) is 39.5 Å². The predicted octanol–water partition coefficient (Wildman–Crippen LogP) is 3.22. The van der Waals surface area contributed by atoms with Crippen LogP contribution in [0.25, 0.3) is 5.70 Å². The topological polar surface area (TPSA) is 21.7 Å². The molecular weight excluding hydrogens is 351 g/mol. The van der Waals surface area contributed by atoms with Gasteiger partial charge in [-0.15, -0.1) is 24.5 Å². The van der Waals surface area contributed by atoms with Crippen molar-refractivity contribution in [2.75, 3.05) is 20.4 Å². The normalized spacial score (nSPS) is 13.7. The van der Waals surface area contributed by atoms with Gasteiger partial charge in [-0.2, -0.15) is 12.2 Å². The average molecular weight is 369 g/mol. The zero-order valence-corrected chi connectivity index (χ0v) is 15.8. The van der Waals surface area contributed by atoms with Crippen LogP contribution in [0, 0.1) is 18.4 Å². The van der Waals surface area contributed by atoms with Gasteiger partial charge < -0.3 is 14.4 Å². The minimum Gasteiger partial charge on any atom is -0.468 e. The molecule has 2 rings (SSSR count). The van der Waals surface area contributed by atoms with Crippen molar-refractivity contribution in [2.45, 2.75) is 6.92 Å². The number of ether oxygens (including phenoxy) is 2. The van der Waals surface area contributed by atoms with Gasteiger partial charge in [0.1, 0.15) is 5.75 Å². The summed E-state index contributed by atoms with van der Waals surface area (Å²) < 4.78 is 10.3. The maximum absolute atomic E-state index is 5.48. The van der Waals surface area contributed by atoms with E-state index in [9.17, 15) is 0 Å². The predicted molar refractivity (Wildman–Crippen MR) is 84.0 cm³/mol. The third-order valence-electron chi connectivity index (χ3n) is 3.20. The molecular formula is C18H18NO2Y-. The molecule has 1 aliphatic rings. The van der Waals surface area contributed by atoms with E-state index in [0.29, 0.717) is 0 Å². The van der Waals surface area contributed by atoms with Crippen LogP contribution in [0.5, 0.6) is 5.75 Å². The van der Waals surface area contributed by atoms with Gasteiger partial charge in [-0.25, -0.2) is 0 Å². The molecule has 1 radical (unpaired) electrons. The van der Waals surface area contributed by atoms with Gasteiger partial charge in [0.05, 0.1) is 0 Å². The van der Waals surface area contributed by atoms with Crippen molar-refractivity contribution in [3.63, 3.8) is 0 Å². The first-order valence-corrected chi connectivity index (χ1v) is 6.70. The number of likely N-dealkylation sites (N-methyl/N-ethyl adjacent to an activating group) is 1. The molecule has 0 N–H and O–H groups in total. The van der Waals surface area contributed by atoms with Gasteiger partial charge in [0, 0.05) is 46.4 Å². The molecule has 3 nitrogen and oxygen atoms in total. The van der Waals surface area contributed by atoms with E-state index in [1.165, 1.54) is 0 Å². The largest absolute Gasteiger partial charge is 0.468 e. The van der Waals surface area contributed by atoms with Crippen LogP contribution in [0.15, 0.2) is 48.2 Å². The molecule has 111 valence electrons. The molecule has 0 atom stereocenters. The third-order valence-corrected chi connectivity index (χ3v) is 3.20. The van der Waals surface area contributed by atoms with Crippen molar-refractivity contribution >= 4 is 5.70 Å². The molecule has 0 spiro atoms. The Morgan fingerprint density at radius 3 is 2.55 bits per heavy atom. The smallest absolute Gasteiger partial charge is 0.188 e. The van der Waals surface area contributed by atoms with E-state index < -0.39 is 0 Å². The molecule has 0 aromatic heterocycles. The number of nitrogens with zero attached hydrogens (tertiary/aromatic N) is 1. The molecule has 0 saturated heterocycles. The molecule has 0 fully saturated rings. The Balaban J connectivity index is 0.00000242. The van der Waals surface area contributed by atoms with Gasteiger partial charge in [0.25, 0.3) is 0 Å². The monoisotopic (exact) mass is 369 g/mol. The fraction of sp³-hybridized carbons (Fsp3) is 0.222. The molecule has 1 aromatic carbocycles. The van der Waals surface area contributed by atoms with Crippen molar-refractivity contribution in [1.29, 1.82) is 0 Å². The van der Waals surface area contributed by atoms with Crippen LogP contribution in [0.1, 0.15) is 12.5 Å². The molecule has 0 saturated carbocycles. The van der Waals surface area contributed by atoms with Crippen LogP contribution in [0.3, 0.4) is 0 Å². The summed E-state index contributed by atoms with van der Waals surface area (Å²) in [4.78, 5) is 2.06. The summed E-state index contributed by atoms with van der Waals surface area (Å²) in [5.74, 6) is 3.40. The number of methoxy groups -OCH3 is 1. The molecule has 0 aliphatic carbocycles. The molecule has 1 aromatic rings. The van der Waals surface area contributed by atoms with Crippen LogP contribution < -0.4 is 4.74 Å². The SMILES string of the molecule is C#CC1=C[C-]=C(c2ccc(OCOC)cc2)N(CC)C1=C.[Y]. The van der Waals surface area contributed by atoms with Crippen LogP contribution in [0.2, 0.25) is 0 Å². The Hall–Kier alpha value is -1.34. The second-order valence-corrected chi connectivity index (χ2v) is 4.46. The second kappa shape index (κ2) is 8.95. The average Bonchev–Trinajstić information content (AvgIpc) is 2.53. The first-order valence-electron chi connectivity index (χ1n) is 6.70. The Morgan fingerprint density at radius 1 is 1.32 bits per heavy atom. The quantitative estimate of drug-likeness (QED) is 0.452. The van der Waals surface area contributed by atoms with Crippen LogP contribution in [-0.2, 0) is 37.4 Å². The fourth-order valence-corrected chi connectivity index (χ4v) is 2.13. The molecule has 22 heavy (non-hydrogen) atoms. The minimum atomic E-state index is 0. The first kappa shape index (κ1) is 18.7. The van der Waals surface area contributed by atoms with Crippen LogP contribution >= 0.6 is 0 Å². The summed E-state index contributed by atoms with van der Waals surface area (Å²) in [5.41, 5.74) is 3.59. The molecule has 0 unspecified atom stereocenters. The molecule has 4 heteroatoms. The van der Waals surface area contributed by atoms with E-state index in [2.05, 4.69) is 30.4 Å². The number of rotatable bonds is 5. The van der Waals surface area contributed by atoms with Gasteiger partial charge in [-0.1, -0.05) is 23.4 Å². The summed E-state index contributed by atoms with van der Waals surface area (Å²) in [7, 11) is 1.59. The molecule has 0 bridgehead atoms. The van der Waals surface area contributed by atoms with Crippen LogP contribution in [-0.4, -0.2) is 25.3 Å².